The number of carbonyl (C=O) groups excluding carboxylic acids is 2. The second-order valence-electron chi connectivity index (χ2n) is 6.35. The van der Waals surface area contributed by atoms with Crippen molar-refractivity contribution in [3.8, 4) is 0 Å². The van der Waals surface area contributed by atoms with Gasteiger partial charge in [0, 0.05) is 10.8 Å². The molecule has 0 aromatic rings. The smallest absolute Gasteiger partial charge is 0.231 e. The van der Waals surface area contributed by atoms with Crippen LogP contribution in [-0.4, -0.2) is 11.8 Å². The van der Waals surface area contributed by atoms with Gasteiger partial charge in [0.15, 0.2) is 0 Å². The number of allylic oxidation sites excluding steroid dienone is 2. The van der Waals surface area contributed by atoms with E-state index in [-0.39, 0.29) is 34.5 Å². The summed E-state index contributed by atoms with van der Waals surface area (Å²) in [7, 11) is 0. The van der Waals surface area contributed by atoms with Gasteiger partial charge in [-0.15, -0.1) is 0 Å². The van der Waals surface area contributed by atoms with Crippen LogP contribution in [0, 0.1) is 28.6 Å². The van der Waals surface area contributed by atoms with Gasteiger partial charge in [0.2, 0.25) is 11.8 Å². The third-order valence-electron chi connectivity index (χ3n) is 6.41. The van der Waals surface area contributed by atoms with Gasteiger partial charge >= 0.3 is 0 Å². The van der Waals surface area contributed by atoms with E-state index in [0.29, 0.717) is 5.92 Å². The van der Waals surface area contributed by atoms with Crippen molar-refractivity contribution >= 4 is 11.8 Å². The maximum Gasteiger partial charge on any atom is 0.231 e. The highest BCUT2D eigenvalue weighted by atomic mass is 16.2. The van der Waals surface area contributed by atoms with Crippen LogP contribution in [0.3, 0.4) is 0 Å². The molecule has 3 heteroatoms. The highest BCUT2D eigenvalue weighted by Gasteiger charge is 2.73. The summed E-state index contributed by atoms with van der Waals surface area (Å²) in [5.74, 6) is -0.0766. The summed E-state index contributed by atoms with van der Waals surface area (Å²) in [6, 6.07) is 0. The van der Waals surface area contributed by atoms with E-state index in [0.717, 1.165) is 0 Å². The Kier molecular flexibility index (Phi) is 1.72. The second kappa shape index (κ2) is 2.65. The van der Waals surface area contributed by atoms with Gasteiger partial charge in [0.25, 0.3) is 0 Å². The molecule has 0 aromatic carbocycles. The van der Waals surface area contributed by atoms with Gasteiger partial charge in [-0.25, -0.2) is 0 Å². The number of amides is 2. The van der Waals surface area contributed by atoms with Gasteiger partial charge in [0.1, 0.15) is 0 Å². The fraction of sp³-hybridized carbons (Fsp3) is 0.714. The molecule has 1 unspecified atom stereocenters. The van der Waals surface area contributed by atoms with Crippen LogP contribution in [0.2, 0.25) is 0 Å². The zero-order valence-electron chi connectivity index (χ0n) is 11.0. The Morgan fingerprint density at radius 2 is 1.29 bits per heavy atom. The zero-order chi connectivity index (χ0) is 12.7. The molecule has 3 aliphatic rings. The predicted octanol–water partition coefficient (Wildman–Crippen LogP) is 1.89. The molecular formula is C14H19NO2. The van der Waals surface area contributed by atoms with Gasteiger partial charge in [0.05, 0.1) is 11.8 Å². The molecule has 2 aliphatic carbocycles. The third kappa shape index (κ3) is 0.820. The molecule has 5 atom stereocenters. The molecule has 3 nitrogen and oxygen atoms in total. The average Bonchev–Trinajstić information content (AvgIpc) is 2.71. The lowest BCUT2D eigenvalue weighted by Crippen LogP contribution is -2.35. The van der Waals surface area contributed by atoms with E-state index in [2.05, 4.69) is 39.9 Å². The molecule has 1 aliphatic heterocycles. The van der Waals surface area contributed by atoms with Gasteiger partial charge < -0.3 is 0 Å². The van der Waals surface area contributed by atoms with Crippen LogP contribution < -0.4 is 5.32 Å². The van der Waals surface area contributed by atoms with Gasteiger partial charge in [-0.2, -0.15) is 0 Å². The van der Waals surface area contributed by atoms with Crippen molar-refractivity contribution in [2.75, 3.05) is 0 Å². The second-order valence-corrected chi connectivity index (χ2v) is 6.35. The first kappa shape index (κ1) is 11.0. The Hall–Kier alpha value is -1.12. The summed E-state index contributed by atoms with van der Waals surface area (Å²) in [4.78, 5) is 24.1. The van der Waals surface area contributed by atoms with Crippen LogP contribution in [0.1, 0.15) is 34.6 Å². The number of nitrogens with one attached hydrogen (secondary N) is 1. The Morgan fingerprint density at radius 3 is 1.65 bits per heavy atom. The van der Waals surface area contributed by atoms with Crippen molar-refractivity contribution in [3.63, 3.8) is 0 Å². The van der Waals surface area contributed by atoms with Crippen molar-refractivity contribution in [1.82, 2.24) is 5.32 Å². The lowest BCUT2D eigenvalue weighted by atomic mass is 9.66. The van der Waals surface area contributed by atoms with Crippen LogP contribution in [0.15, 0.2) is 11.1 Å². The third-order valence-corrected chi connectivity index (χ3v) is 6.41. The molecule has 0 radical (unpaired) electrons. The molecule has 92 valence electrons. The van der Waals surface area contributed by atoms with Crippen molar-refractivity contribution in [2.45, 2.75) is 34.6 Å². The van der Waals surface area contributed by atoms with Gasteiger partial charge in [-0.3, -0.25) is 14.9 Å². The van der Waals surface area contributed by atoms with E-state index >= 15 is 0 Å². The Labute approximate surface area is 102 Å². The number of carbonyl (C=O) groups is 2. The molecule has 0 spiro atoms. The van der Waals surface area contributed by atoms with Crippen LogP contribution in [0.4, 0.5) is 0 Å². The lowest BCUT2D eigenvalue weighted by molar-refractivity contribution is -0.128. The van der Waals surface area contributed by atoms with Gasteiger partial charge in [-0.05, 0) is 19.8 Å². The van der Waals surface area contributed by atoms with Gasteiger partial charge in [-0.1, -0.05) is 31.9 Å². The van der Waals surface area contributed by atoms with E-state index < -0.39 is 0 Å². The molecule has 1 heterocycles. The van der Waals surface area contributed by atoms with Crippen molar-refractivity contribution in [2.24, 2.45) is 28.6 Å². The fourth-order valence-corrected chi connectivity index (χ4v) is 4.90. The van der Waals surface area contributed by atoms with Crippen molar-refractivity contribution < 1.29 is 9.59 Å². The number of rotatable bonds is 0. The SMILES string of the molecule is CC1=C(C)[C@]2(C)C(C)[C@@]1(C)[C@@H]1C(=O)NC(=O)[C@@H]12. The maximum absolute atomic E-state index is 12.0. The first-order chi connectivity index (χ1) is 7.77. The maximum atomic E-state index is 12.0. The number of fused-ring (bicyclic) bond motifs is 5. The Bertz CT molecular complexity index is 450. The molecule has 3 rings (SSSR count). The standard InChI is InChI=1S/C14H19NO2/c1-6-7(2)14(5)8(3)13(6,4)9-10(14)12(17)15-11(9)16/h8-10H,1-5H3,(H,15,16,17)/t8?,9-,10+,13-,14+. The van der Waals surface area contributed by atoms with E-state index in [1.807, 2.05) is 0 Å². The lowest BCUT2D eigenvalue weighted by Gasteiger charge is -2.34. The molecule has 1 saturated carbocycles. The minimum Gasteiger partial charge on any atom is -0.296 e. The van der Waals surface area contributed by atoms with Crippen LogP contribution in [0.25, 0.3) is 0 Å². The summed E-state index contributed by atoms with van der Waals surface area (Å²) in [5.41, 5.74) is 2.36. The monoisotopic (exact) mass is 233 g/mol. The molecule has 2 bridgehead atoms. The average molecular weight is 233 g/mol. The van der Waals surface area contributed by atoms with E-state index in [9.17, 15) is 9.59 Å². The van der Waals surface area contributed by atoms with Crippen molar-refractivity contribution in [3.05, 3.63) is 11.1 Å². The predicted molar refractivity (Wildman–Crippen MR) is 63.9 cm³/mol. The molecule has 1 N–H and O–H groups in total. The number of imide groups is 1. The number of hydrogen-bond acceptors (Lipinski definition) is 2. The van der Waals surface area contributed by atoms with Crippen LogP contribution >= 0.6 is 0 Å². The highest BCUT2D eigenvalue weighted by Crippen LogP contribution is 2.73. The quantitative estimate of drug-likeness (QED) is 0.513. The fourth-order valence-electron chi connectivity index (χ4n) is 4.90. The number of hydrogen-bond donors (Lipinski definition) is 1. The van der Waals surface area contributed by atoms with Crippen LogP contribution in [0.5, 0.6) is 0 Å². The Balaban J connectivity index is 2.30. The van der Waals surface area contributed by atoms with Crippen LogP contribution in [-0.2, 0) is 9.59 Å². The van der Waals surface area contributed by atoms with E-state index in [1.54, 1.807) is 0 Å². The molecular weight excluding hydrogens is 214 g/mol. The first-order valence-corrected chi connectivity index (χ1v) is 6.30. The van der Waals surface area contributed by atoms with E-state index in [4.69, 9.17) is 0 Å². The molecule has 2 amide bonds. The topological polar surface area (TPSA) is 46.2 Å². The van der Waals surface area contributed by atoms with Crippen molar-refractivity contribution in [1.29, 1.82) is 0 Å². The molecule has 2 fully saturated rings. The highest BCUT2D eigenvalue weighted by molar-refractivity contribution is 6.07. The summed E-state index contributed by atoms with van der Waals surface area (Å²) in [5, 5.41) is 2.53. The Morgan fingerprint density at radius 1 is 0.941 bits per heavy atom. The summed E-state index contributed by atoms with van der Waals surface area (Å²) < 4.78 is 0. The summed E-state index contributed by atoms with van der Waals surface area (Å²) >= 11 is 0. The largest absolute Gasteiger partial charge is 0.296 e. The van der Waals surface area contributed by atoms with E-state index in [1.165, 1.54) is 11.1 Å². The summed E-state index contributed by atoms with van der Waals surface area (Å²) in [6.07, 6.45) is 0. The molecule has 17 heavy (non-hydrogen) atoms. The molecule has 1 saturated heterocycles. The normalized spacial score (nSPS) is 52.2. The zero-order valence-corrected chi connectivity index (χ0v) is 11.0. The first-order valence-electron chi connectivity index (χ1n) is 6.30. The summed E-state index contributed by atoms with van der Waals surface area (Å²) in [6.45, 7) is 10.8. The minimum atomic E-state index is -0.154. The molecule has 0 aromatic heterocycles. The minimum absolute atomic E-state index is 0.0649.